The van der Waals surface area contributed by atoms with E-state index in [4.69, 9.17) is 9.47 Å². The molecular formula is C34H47F3N2O3S. The highest BCUT2D eigenvalue weighted by Gasteiger charge is 2.33. The van der Waals surface area contributed by atoms with Crippen LogP contribution in [0.2, 0.25) is 0 Å². The van der Waals surface area contributed by atoms with E-state index >= 15 is 0 Å². The molecule has 0 bridgehead atoms. The number of unbranched alkanes of at least 4 members (excludes halogenated alkanes) is 7. The summed E-state index contributed by atoms with van der Waals surface area (Å²) in [6.45, 7) is 6.33. The number of halogens is 3. The number of piperidine rings is 1. The highest BCUT2D eigenvalue weighted by atomic mass is 32.2. The van der Waals surface area contributed by atoms with Crippen molar-refractivity contribution >= 4 is 29.1 Å². The third kappa shape index (κ3) is 10.7. The lowest BCUT2D eigenvalue weighted by Crippen LogP contribution is -2.38. The molecule has 1 saturated heterocycles. The fourth-order valence-corrected chi connectivity index (χ4v) is 6.92. The van der Waals surface area contributed by atoms with Gasteiger partial charge < -0.3 is 19.3 Å². The van der Waals surface area contributed by atoms with Crippen LogP contribution in [0.4, 0.5) is 24.5 Å². The summed E-state index contributed by atoms with van der Waals surface area (Å²) >= 11 is 1.52. The van der Waals surface area contributed by atoms with Gasteiger partial charge >= 0.3 is 12.1 Å². The Balaban J connectivity index is 1.11. The Kier molecular flexibility index (Phi) is 13.5. The topological polar surface area (TPSA) is 42.0 Å². The van der Waals surface area contributed by atoms with Crippen molar-refractivity contribution in [2.45, 2.75) is 106 Å². The monoisotopic (exact) mass is 620 g/mol. The van der Waals surface area contributed by atoms with Crippen molar-refractivity contribution in [3.63, 3.8) is 0 Å². The standard InChI is InChI=1S/C34H47F3N2O3S/c1-2-3-4-5-6-7-8-9-15-33(40)42-25-24-41-28-18-22-38(23-19-28)20-12-21-39-29-13-10-11-14-31(29)43-32-17-16-27(26-30(32)39)34(35,36)37/h10-11,13-14,16-17,26,28H,2-9,12,15,18-25H2,1H3. The molecule has 0 unspecified atom stereocenters. The van der Waals surface area contributed by atoms with Gasteiger partial charge in [0, 0.05) is 35.8 Å². The van der Waals surface area contributed by atoms with Crippen LogP contribution in [0, 0.1) is 0 Å². The van der Waals surface area contributed by atoms with Crippen LogP contribution in [-0.2, 0) is 20.4 Å². The number of hydrogen-bond donors (Lipinski definition) is 0. The Labute approximate surface area is 259 Å². The molecule has 5 nitrogen and oxygen atoms in total. The first-order valence-electron chi connectivity index (χ1n) is 16.1. The number of nitrogens with zero attached hydrogens (tertiary/aromatic N) is 2. The number of esters is 1. The normalized spacial score (nSPS) is 15.8. The molecule has 2 aromatic rings. The van der Waals surface area contributed by atoms with Crippen molar-refractivity contribution in [2.75, 3.05) is 44.3 Å². The zero-order chi connectivity index (χ0) is 30.5. The minimum atomic E-state index is -4.37. The summed E-state index contributed by atoms with van der Waals surface area (Å²) in [5.41, 5.74) is 0.977. The summed E-state index contributed by atoms with van der Waals surface area (Å²) in [6, 6.07) is 12.0. The van der Waals surface area contributed by atoms with Gasteiger partial charge in [0.25, 0.3) is 0 Å². The van der Waals surface area contributed by atoms with Crippen LogP contribution in [0.15, 0.2) is 52.3 Å². The smallest absolute Gasteiger partial charge is 0.416 e. The van der Waals surface area contributed by atoms with Crippen molar-refractivity contribution in [3.8, 4) is 0 Å². The molecular weight excluding hydrogens is 573 g/mol. The summed E-state index contributed by atoms with van der Waals surface area (Å²) < 4.78 is 51.8. The van der Waals surface area contributed by atoms with E-state index in [-0.39, 0.29) is 12.1 Å². The Morgan fingerprint density at radius 3 is 2.30 bits per heavy atom. The van der Waals surface area contributed by atoms with Gasteiger partial charge in [0.2, 0.25) is 0 Å². The first kappa shape index (κ1) is 33.7. The molecule has 43 heavy (non-hydrogen) atoms. The zero-order valence-corrected chi connectivity index (χ0v) is 26.3. The fourth-order valence-electron chi connectivity index (χ4n) is 5.84. The van der Waals surface area contributed by atoms with Gasteiger partial charge in [-0.3, -0.25) is 4.79 Å². The second-order valence-corrected chi connectivity index (χ2v) is 12.7. The van der Waals surface area contributed by atoms with Crippen LogP contribution in [0.3, 0.4) is 0 Å². The van der Waals surface area contributed by atoms with E-state index in [9.17, 15) is 18.0 Å². The van der Waals surface area contributed by atoms with E-state index in [1.54, 1.807) is 6.07 Å². The van der Waals surface area contributed by atoms with Crippen LogP contribution >= 0.6 is 11.8 Å². The zero-order valence-electron chi connectivity index (χ0n) is 25.5. The molecule has 9 heteroatoms. The predicted molar refractivity (Wildman–Crippen MR) is 167 cm³/mol. The molecule has 2 heterocycles. The average molecular weight is 621 g/mol. The SMILES string of the molecule is CCCCCCCCCCC(=O)OCCOC1CCN(CCCN2c3ccccc3Sc3ccc(C(F)(F)F)cc32)CC1. The third-order valence-corrected chi connectivity index (χ3v) is 9.41. The highest BCUT2D eigenvalue weighted by Crippen LogP contribution is 2.49. The van der Waals surface area contributed by atoms with Crippen LogP contribution in [0.25, 0.3) is 0 Å². The highest BCUT2D eigenvalue weighted by molar-refractivity contribution is 7.99. The molecule has 0 amide bonds. The maximum atomic E-state index is 13.5. The predicted octanol–water partition coefficient (Wildman–Crippen LogP) is 9.25. The Morgan fingerprint density at radius 2 is 1.56 bits per heavy atom. The van der Waals surface area contributed by atoms with Gasteiger partial charge in [-0.1, -0.05) is 75.8 Å². The van der Waals surface area contributed by atoms with E-state index in [2.05, 4.69) is 11.8 Å². The summed E-state index contributed by atoms with van der Waals surface area (Å²) in [4.78, 5) is 18.3. The molecule has 0 aliphatic carbocycles. The van der Waals surface area contributed by atoms with Gasteiger partial charge in [0.05, 0.1) is 29.6 Å². The molecule has 0 spiro atoms. The molecule has 2 aliphatic heterocycles. The first-order valence-corrected chi connectivity index (χ1v) is 16.9. The van der Waals surface area contributed by atoms with Crippen LogP contribution in [0.5, 0.6) is 0 Å². The van der Waals surface area contributed by atoms with Crippen molar-refractivity contribution < 1.29 is 27.4 Å². The van der Waals surface area contributed by atoms with E-state index in [0.29, 0.717) is 31.9 Å². The maximum absolute atomic E-state index is 13.5. The lowest BCUT2D eigenvalue weighted by atomic mass is 10.1. The molecule has 1 fully saturated rings. The number of ether oxygens (including phenoxy) is 2. The van der Waals surface area contributed by atoms with E-state index in [1.165, 1.54) is 62.4 Å². The quantitative estimate of drug-likeness (QED) is 0.130. The number of likely N-dealkylation sites (tertiary alicyclic amines) is 1. The summed E-state index contributed by atoms with van der Waals surface area (Å²) in [5.74, 6) is -0.128. The molecule has 0 N–H and O–H groups in total. The largest absolute Gasteiger partial charge is 0.463 e. The number of benzene rings is 2. The number of para-hydroxylation sites is 1. The number of carbonyl (C=O) groups is 1. The van der Waals surface area contributed by atoms with Crippen molar-refractivity contribution in [3.05, 3.63) is 48.0 Å². The number of rotatable bonds is 17. The van der Waals surface area contributed by atoms with Gasteiger partial charge in [-0.2, -0.15) is 13.2 Å². The number of carbonyl (C=O) groups excluding carboxylic acids is 1. The minimum absolute atomic E-state index is 0.128. The number of alkyl halides is 3. The molecule has 0 atom stereocenters. The van der Waals surface area contributed by atoms with Crippen molar-refractivity contribution in [1.29, 1.82) is 0 Å². The summed E-state index contributed by atoms with van der Waals surface area (Å²) in [5, 5.41) is 0. The summed E-state index contributed by atoms with van der Waals surface area (Å²) in [7, 11) is 0. The molecule has 2 aliphatic rings. The van der Waals surface area contributed by atoms with Gasteiger partial charge in [0.1, 0.15) is 6.61 Å². The van der Waals surface area contributed by atoms with Crippen LogP contribution in [-0.4, -0.2) is 56.4 Å². The second-order valence-electron chi connectivity index (χ2n) is 11.6. The van der Waals surface area contributed by atoms with E-state index in [1.807, 2.05) is 29.2 Å². The Morgan fingerprint density at radius 1 is 0.860 bits per heavy atom. The number of fused-ring (bicyclic) bond motifs is 2. The van der Waals surface area contributed by atoms with E-state index < -0.39 is 11.7 Å². The molecule has 4 rings (SSSR count). The lowest BCUT2D eigenvalue weighted by Gasteiger charge is -2.35. The first-order chi connectivity index (χ1) is 20.8. The minimum Gasteiger partial charge on any atom is -0.463 e. The molecule has 238 valence electrons. The van der Waals surface area contributed by atoms with Crippen molar-refractivity contribution in [2.24, 2.45) is 0 Å². The van der Waals surface area contributed by atoms with E-state index in [0.717, 1.165) is 67.2 Å². The molecule has 0 saturated carbocycles. The Hall–Kier alpha value is -2.23. The Bertz CT molecular complexity index is 1140. The third-order valence-electron chi connectivity index (χ3n) is 8.28. The lowest BCUT2D eigenvalue weighted by molar-refractivity contribution is -0.146. The van der Waals surface area contributed by atoms with Crippen LogP contribution in [0.1, 0.15) is 89.5 Å². The van der Waals surface area contributed by atoms with Gasteiger partial charge in [-0.15, -0.1) is 0 Å². The van der Waals surface area contributed by atoms with Crippen molar-refractivity contribution in [1.82, 2.24) is 4.90 Å². The number of hydrogen-bond acceptors (Lipinski definition) is 6. The second kappa shape index (κ2) is 17.3. The maximum Gasteiger partial charge on any atom is 0.416 e. The van der Waals surface area contributed by atoms with Gasteiger partial charge in [-0.05, 0) is 62.6 Å². The van der Waals surface area contributed by atoms with Gasteiger partial charge in [0.15, 0.2) is 0 Å². The van der Waals surface area contributed by atoms with Gasteiger partial charge in [-0.25, -0.2) is 0 Å². The van der Waals surface area contributed by atoms with Crippen LogP contribution < -0.4 is 4.90 Å². The fraction of sp³-hybridized carbons (Fsp3) is 0.618. The number of anilines is 2. The summed E-state index contributed by atoms with van der Waals surface area (Å²) in [6.07, 6.45) is 8.62. The average Bonchev–Trinajstić information content (AvgIpc) is 3.00. The molecule has 0 aromatic heterocycles. The molecule has 2 aromatic carbocycles. The molecule has 0 radical (unpaired) electrons.